The molecule has 1 aliphatic heterocycles. The highest BCUT2D eigenvalue weighted by Crippen LogP contribution is 2.09. The second-order valence-electron chi connectivity index (χ2n) is 7.17. The number of aromatic nitrogens is 2. The lowest BCUT2D eigenvalue weighted by Crippen LogP contribution is -2.48. The standard InChI is InChI=1S/C21H37N7/c1-4-6-7-8-9-14-26(3)20(22-5-2)25-13-15-27-16-18-28(19-17-27)21-23-11-10-12-24-21/h4,10-12H,1,5-9,13-19H2,2-3H3,(H,22,25). The van der Waals surface area contributed by atoms with Crippen molar-refractivity contribution >= 4 is 11.9 Å². The molecule has 0 aliphatic carbocycles. The third-order valence-corrected chi connectivity index (χ3v) is 4.98. The topological polar surface area (TPSA) is 59.9 Å². The number of nitrogens with one attached hydrogen (secondary N) is 1. The van der Waals surface area contributed by atoms with Crippen molar-refractivity contribution < 1.29 is 0 Å². The highest BCUT2D eigenvalue weighted by Gasteiger charge is 2.18. The van der Waals surface area contributed by atoms with Crippen LogP contribution in [-0.4, -0.2) is 85.1 Å². The number of piperazine rings is 1. The Morgan fingerprint density at radius 2 is 1.96 bits per heavy atom. The van der Waals surface area contributed by atoms with Crippen molar-refractivity contribution in [1.29, 1.82) is 0 Å². The predicted molar refractivity (Wildman–Crippen MR) is 118 cm³/mol. The molecule has 0 aromatic carbocycles. The summed E-state index contributed by atoms with van der Waals surface area (Å²) in [6, 6.07) is 1.86. The van der Waals surface area contributed by atoms with Crippen molar-refractivity contribution in [2.75, 3.05) is 64.3 Å². The fourth-order valence-electron chi connectivity index (χ4n) is 3.31. The van der Waals surface area contributed by atoms with Crippen LogP contribution >= 0.6 is 0 Å². The minimum Gasteiger partial charge on any atom is -0.357 e. The molecule has 1 N–H and O–H groups in total. The van der Waals surface area contributed by atoms with E-state index in [0.717, 1.165) is 70.7 Å². The van der Waals surface area contributed by atoms with Crippen LogP contribution in [-0.2, 0) is 0 Å². The number of unbranched alkanes of at least 4 members (excludes halogenated alkanes) is 3. The first-order chi connectivity index (χ1) is 13.7. The lowest BCUT2D eigenvalue weighted by atomic mass is 10.2. The number of hydrogen-bond acceptors (Lipinski definition) is 5. The Kier molecular flexibility index (Phi) is 10.4. The molecule has 0 spiro atoms. The van der Waals surface area contributed by atoms with Gasteiger partial charge in [0.2, 0.25) is 5.95 Å². The smallest absolute Gasteiger partial charge is 0.225 e. The van der Waals surface area contributed by atoms with Crippen molar-refractivity contribution in [3.63, 3.8) is 0 Å². The van der Waals surface area contributed by atoms with E-state index in [1.54, 1.807) is 0 Å². The minimum atomic E-state index is 0.824. The summed E-state index contributed by atoms with van der Waals surface area (Å²) in [6.45, 7) is 13.7. The molecule has 2 heterocycles. The molecule has 156 valence electrons. The van der Waals surface area contributed by atoms with Crippen LogP contribution in [0.5, 0.6) is 0 Å². The predicted octanol–water partition coefficient (Wildman–Crippen LogP) is 2.24. The third kappa shape index (κ3) is 7.84. The second-order valence-corrected chi connectivity index (χ2v) is 7.17. The van der Waals surface area contributed by atoms with Gasteiger partial charge >= 0.3 is 0 Å². The summed E-state index contributed by atoms with van der Waals surface area (Å²) < 4.78 is 0. The molecule has 0 atom stereocenters. The van der Waals surface area contributed by atoms with Crippen LogP contribution in [0.25, 0.3) is 0 Å². The molecule has 1 aromatic heterocycles. The Labute approximate surface area is 170 Å². The largest absolute Gasteiger partial charge is 0.357 e. The monoisotopic (exact) mass is 387 g/mol. The van der Waals surface area contributed by atoms with Crippen LogP contribution in [0.2, 0.25) is 0 Å². The lowest BCUT2D eigenvalue weighted by molar-refractivity contribution is 0.263. The fourth-order valence-corrected chi connectivity index (χ4v) is 3.31. The Morgan fingerprint density at radius 1 is 1.21 bits per heavy atom. The maximum atomic E-state index is 4.84. The van der Waals surface area contributed by atoms with Crippen molar-refractivity contribution in [2.45, 2.75) is 32.6 Å². The summed E-state index contributed by atoms with van der Waals surface area (Å²) in [5.74, 6) is 1.85. The van der Waals surface area contributed by atoms with Crippen molar-refractivity contribution in [3.8, 4) is 0 Å². The zero-order chi connectivity index (χ0) is 20.0. The molecule has 1 saturated heterocycles. The Balaban J connectivity index is 1.70. The third-order valence-electron chi connectivity index (χ3n) is 4.98. The first-order valence-electron chi connectivity index (χ1n) is 10.6. The van der Waals surface area contributed by atoms with Gasteiger partial charge in [0.15, 0.2) is 5.96 Å². The van der Waals surface area contributed by atoms with Gasteiger partial charge in [-0.1, -0.05) is 12.5 Å². The Bertz CT molecular complexity index is 567. The van der Waals surface area contributed by atoms with Crippen LogP contribution in [0.4, 0.5) is 5.95 Å². The van der Waals surface area contributed by atoms with Gasteiger partial charge in [0.05, 0.1) is 6.54 Å². The van der Waals surface area contributed by atoms with E-state index in [1.165, 1.54) is 19.3 Å². The first-order valence-corrected chi connectivity index (χ1v) is 10.6. The molecular weight excluding hydrogens is 350 g/mol. The van der Waals surface area contributed by atoms with Crippen LogP contribution in [0, 0.1) is 0 Å². The molecule has 0 unspecified atom stereocenters. The number of hydrogen-bond donors (Lipinski definition) is 1. The lowest BCUT2D eigenvalue weighted by Gasteiger charge is -2.34. The van der Waals surface area contributed by atoms with Gasteiger partial charge < -0.3 is 15.1 Å². The average Bonchev–Trinajstić information content (AvgIpc) is 2.74. The van der Waals surface area contributed by atoms with Crippen molar-refractivity contribution in [1.82, 2.24) is 25.1 Å². The van der Waals surface area contributed by atoms with Crippen LogP contribution < -0.4 is 10.2 Å². The van der Waals surface area contributed by atoms with Crippen LogP contribution in [0.1, 0.15) is 32.6 Å². The molecule has 1 aliphatic rings. The Morgan fingerprint density at radius 3 is 2.64 bits per heavy atom. The number of guanidine groups is 1. The van der Waals surface area contributed by atoms with E-state index in [2.05, 4.69) is 50.5 Å². The zero-order valence-corrected chi connectivity index (χ0v) is 17.7. The zero-order valence-electron chi connectivity index (χ0n) is 17.7. The molecule has 1 fully saturated rings. The van der Waals surface area contributed by atoms with Gasteiger partial charge in [0.25, 0.3) is 0 Å². The second kappa shape index (κ2) is 13.1. The Hall–Kier alpha value is -2.15. The maximum absolute atomic E-state index is 4.84. The molecule has 0 amide bonds. The van der Waals surface area contributed by atoms with Crippen molar-refractivity contribution in [3.05, 3.63) is 31.1 Å². The van der Waals surface area contributed by atoms with Gasteiger partial charge in [-0.25, -0.2) is 9.97 Å². The summed E-state index contributed by atoms with van der Waals surface area (Å²) in [5, 5.41) is 3.42. The number of nitrogens with zero attached hydrogens (tertiary/aromatic N) is 6. The van der Waals surface area contributed by atoms with Gasteiger partial charge in [-0.2, -0.15) is 0 Å². The summed E-state index contributed by atoms with van der Waals surface area (Å²) >= 11 is 0. The number of anilines is 1. The summed E-state index contributed by atoms with van der Waals surface area (Å²) in [7, 11) is 2.13. The summed E-state index contributed by atoms with van der Waals surface area (Å²) in [4.78, 5) is 20.5. The normalized spacial score (nSPS) is 15.5. The molecule has 7 nitrogen and oxygen atoms in total. The fraction of sp³-hybridized carbons (Fsp3) is 0.667. The maximum Gasteiger partial charge on any atom is 0.225 e. The van der Waals surface area contributed by atoms with Gasteiger partial charge in [0.1, 0.15) is 0 Å². The van der Waals surface area contributed by atoms with E-state index in [1.807, 2.05) is 24.5 Å². The van der Waals surface area contributed by atoms with E-state index in [9.17, 15) is 0 Å². The molecule has 0 saturated carbocycles. The van der Waals surface area contributed by atoms with Gasteiger partial charge in [0, 0.05) is 65.3 Å². The quantitative estimate of drug-likeness (QED) is 0.272. The molecule has 1 aromatic rings. The first kappa shape index (κ1) is 22.1. The molecule has 0 bridgehead atoms. The van der Waals surface area contributed by atoms with E-state index in [-0.39, 0.29) is 0 Å². The highest BCUT2D eigenvalue weighted by atomic mass is 15.3. The van der Waals surface area contributed by atoms with Crippen LogP contribution in [0.3, 0.4) is 0 Å². The minimum absolute atomic E-state index is 0.824. The van der Waals surface area contributed by atoms with Gasteiger partial charge in [-0.15, -0.1) is 6.58 Å². The van der Waals surface area contributed by atoms with Gasteiger partial charge in [-0.05, 0) is 32.3 Å². The SMILES string of the molecule is C=CCCCCCN(C)C(=NCCN1CCN(c2ncccn2)CC1)NCC. The van der Waals surface area contributed by atoms with E-state index in [0.29, 0.717) is 0 Å². The number of allylic oxidation sites excluding steroid dienone is 1. The van der Waals surface area contributed by atoms with Crippen molar-refractivity contribution in [2.24, 2.45) is 4.99 Å². The molecule has 7 heteroatoms. The van der Waals surface area contributed by atoms with E-state index in [4.69, 9.17) is 4.99 Å². The summed E-state index contributed by atoms with van der Waals surface area (Å²) in [6.07, 6.45) is 10.4. The van der Waals surface area contributed by atoms with Crippen LogP contribution in [0.15, 0.2) is 36.1 Å². The summed E-state index contributed by atoms with van der Waals surface area (Å²) in [5.41, 5.74) is 0. The molecule has 0 radical (unpaired) electrons. The number of rotatable bonds is 11. The van der Waals surface area contributed by atoms with E-state index >= 15 is 0 Å². The van der Waals surface area contributed by atoms with Gasteiger partial charge in [-0.3, -0.25) is 9.89 Å². The molecule has 2 rings (SSSR count). The molecule has 28 heavy (non-hydrogen) atoms. The van der Waals surface area contributed by atoms with E-state index < -0.39 is 0 Å². The number of aliphatic imine (C=N–C) groups is 1. The molecular formula is C21H37N7. The average molecular weight is 388 g/mol. The highest BCUT2D eigenvalue weighted by molar-refractivity contribution is 5.79.